The summed E-state index contributed by atoms with van der Waals surface area (Å²) in [5.74, 6) is 1.31. The summed E-state index contributed by atoms with van der Waals surface area (Å²) in [5.41, 5.74) is 1.58. The summed E-state index contributed by atoms with van der Waals surface area (Å²) in [5, 5.41) is 4.48. The van der Waals surface area contributed by atoms with Gasteiger partial charge in [0.15, 0.2) is 0 Å². The van der Waals surface area contributed by atoms with E-state index in [4.69, 9.17) is 0 Å². The Balaban J connectivity index is 1.47. The molecule has 0 aromatic carbocycles. The van der Waals surface area contributed by atoms with Gasteiger partial charge in [-0.15, -0.1) is 0 Å². The van der Waals surface area contributed by atoms with E-state index >= 15 is 0 Å². The van der Waals surface area contributed by atoms with E-state index in [0.717, 1.165) is 30.2 Å². The van der Waals surface area contributed by atoms with Crippen molar-refractivity contribution in [1.29, 1.82) is 0 Å². The smallest absolute Gasteiger partial charge is 0.266 e. The van der Waals surface area contributed by atoms with Crippen LogP contribution in [0.15, 0.2) is 60.0 Å². The van der Waals surface area contributed by atoms with Crippen molar-refractivity contribution in [3.63, 3.8) is 0 Å². The maximum absolute atomic E-state index is 12.1. The maximum atomic E-state index is 12.1. The zero-order valence-electron chi connectivity index (χ0n) is 13.0. The average molecular weight is 320 g/mol. The van der Waals surface area contributed by atoms with Gasteiger partial charge in [-0.1, -0.05) is 0 Å². The molecule has 1 saturated heterocycles. The van der Waals surface area contributed by atoms with E-state index in [1.54, 1.807) is 41.7 Å². The Bertz CT molecular complexity index is 874. The van der Waals surface area contributed by atoms with Gasteiger partial charge < -0.3 is 4.90 Å². The van der Waals surface area contributed by atoms with Crippen LogP contribution in [-0.2, 0) is 6.54 Å². The fourth-order valence-electron chi connectivity index (χ4n) is 2.84. The Morgan fingerprint density at radius 1 is 1.08 bits per heavy atom. The minimum absolute atomic E-state index is 0.0804. The summed E-state index contributed by atoms with van der Waals surface area (Å²) in [4.78, 5) is 26.5. The topological polar surface area (TPSA) is 76.8 Å². The average Bonchev–Trinajstić information content (AvgIpc) is 2.60. The summed E-state index contributed by atoms with van der Waals surface area (Å²) < 4.78 is 1.55. The van der Waals surface area contributed by atoms with Crippen LogP contribution in [-0.4, -0.2) is 37.8 Å². The Hall–Kier alpha value is -3.09. The van der Waals surface area contributed by atoms with Gasteiger partial charge in [-0.25, -0.2) is 14.6 Å². The van der Waals surface area contributed by atoms with Crippen LogP contribution in [0.5, 0.6) is 0 Å². The van der Waals surface area contributed by atoms with Gasteiger partial charge in [-0.2, -0.15) is 5.10 Å². The van der Waals surface area contributed by atoms with E-state index in [-0.39, 0.29) is 5.56 Å². The standard InChI is InChI=1S/C17H16N6O/c24-17-4-3-15(14-2-1-6-18-8-14)21-23(17)11-13-9-22(10-13)16-5-7-19-12-20-16/h1-8,12-13H,9-11H2. The molecule has 0 unspecified atom stereocenters. The van der Waals surface area contributed by atoms with E-state index in [9.17, 15) is 4.79 Å². The number of rotatable bonds is 4. The fraction of sp³-hybridized carbons (Fsp3) is 0.235. The monoisotopic (exact) mass is 320 g/mol. The molecule has 3 aromatic heterocycles. The van der Waals surface area contributed by atoms with Crippen LogP contribution in [0.3, 0.4) is 0 Å². The zero-order chi connectivity index (χ0) is 16.4. The molecular weight excluding hydrogens is 304 g/mol. The summed E-state index contributed by atoms with van der Waals surface area (Å²) in [6.45, 7) is 2.33. The highest BCUT2D eigenvalue weighted by atomic mass is 16.1. The van der Waals surface area contributed by atoms with Crippen molar-refractivity contribution in [1.82, 2.24) is 24.7 Å². The quantitative estimate of drug-likeness (QED) is 0.719. The molecule has 24 heavy (non-hydrogen) atoms. The first-order valence-corrected chi connectivity index (χ1v) is 7.79. The van der Waals surface area contributed by atoms with E-state index in [0.29, 0.717) is 12.5 Å². The number of hydrogen-bond donors (Lipinski definition) is 0. The fourth-order valence-corrected chi connectivity index (χ4v) is 2.84. The zero-order valence-corrected chi connectivity index (χ0v) is 13.0. The molecule has 0 saturated carbocycles. The highest BCUT2D eigenvalue weighted by Crippen LogP contribution is 2.23. The summed E-state index contributed by atoms with van der Waals surface area (Å²) >= 11 is 0. The van der Waals surface area contributed by atoms with Crippen LogP contribution in [0.1, 0.15) is 0 Å². The Morgan fingerprint density at radius 2 is 2.00 bits per heavy atom. The lowest BCUT2D eigenvalue weighted by atomic mass is 10.0. The number of anilines is 1. The van der Waals surface area contributed by atoms with Crippen molar-refractivity contribution in [2.45, 2.75) is 6.54 Å². The molecule has 7 nitrogen and oxygen atoms in total. The molecule has 120 valence electrons. The third kappa shape index (κ3) is 2.88. The van der Waals surface area contributed by atoms with E-state index in [1.807, 2.05) is 18.2 Å². The van der Waals surface area contributed by atoms with E-state index in [1.165, 1.54) is 0 Å². The largest absolute Gasteiger partial charge is 0.356 e. The molecule has 0 N–H and O–H groups in total. The lowest BCUT2D eigenvalue weighted by Gasteiger charge is -2.40. The Kier molecular flexibility index (Phi) is 3.74. The summed E-state index contributed by atoms with van der Waals surface area (Å²) in [6, 6.07) is 8.99. The third-order valence-corrected chi connectivity index (χ3v) is 4.10. The second kappa shape index (κ2) is 6.19. The first-order valence-electron chi connectivity index (χ1n) is 7.79. The second-order valence-corrected chi connectivity index (χ2v) is 5.82. The van der Waals surface area contributed by atoms with Crippen molar-refractivity contribution < 1.29 is 0 Å². The number of pyridine rings is 1. The van der Waals surface area contributed by atoms with Crippen molar-refractivity contribution in [2.24, 2.45) is 5.92 Å². The molecule has 1 aliphatic rings. The highest BCUT2D eigenvalue weighted by molar-refractivity contribution is 5.56. The normalized spacial score (nSPS) is 14.4. The molecule has 0 bridgehead atoms. The molecule has 7 heteroatoms. The minimum atomic E-state index is -0.0804. The van der Waals surface area contributed by atoms with Crippen molar-refractivity contribution in [2.75, 3.05) is 18.0 Å². The third-order valence-electron chi connectivity index (χ3n) is 4.10. The Morgan fingerprint density at radius 3 is 2.75 bits per heavy atom. The molecule has 3 aromatic rings. The van der Waals surface area contributed by atoms with E-state index < -0.39 is 0 Å². The Labute approximate surface area is 138 Å². The van der Waals surface area contributed by atoms with Crippen LogP contribution in [0, 0.1) is 5.92 Å². The van der Waals surface area contributed by atoms with Crippen LogP contribution in [0.2, 0.25) is 0 Å². The number of aromatic nitrogens is 5. The van der Waals surface area contributed by atoms with Gasteiger partial charge in [-0.3, -0.25) is 9.78 Å². The molecule has 4 heterocycles. The van der Waals surface area contributed by atoms with Crippen molar-refractivity contribution >= 4 is 5.82 Å². The second-order valence-electron chi connectivity index (χ2n) is 5.82. The molecule has 0 radical (unpaired) electrons. The molecule has 1 aliphatic heterocycles. The lowest BCUT2D eigenvalue weighted by Crippen LogP contribution is -2.50. The molecule has 0 aliphatic carbocycles. The van der Waals surface area contributed by atoms with E-state index in [2.05, 4.69) is 25.0 Å². The molecule has 1 fully saturated rings. The van der Waals surface area contributed by atoms with Gasteiger partial charge >= 0.3 is 0 Å². The first-order chi connectivity index (χ1) is 11.8. The predicted molar refractivity (Wildman–Crippen MR) is 89.5 cm³/mol. The van der Waals surface area contributed by atoms with Gasteiger partial charge in [0, 0.05) is 49.2 Å². The van der Waals surface area contributed by atoms with Gasteiger partial charge in [0.2, 0.25) is 0 Å². The van der Waals surface area contributed by atoms with Crippen LogP contribution >= 0.6 is 0 Å². The first kappa shape index (κ1) is 14.5. The van der Waals surface area contributed by atoms with Crippen LogP contribution in [0.4, 0.5) is 5.82 Å². The molecular formula is C17H16N6O. The number of nitrogens with zero attached hydrogens (tertiary/aromatic N) is 6. The van der Waals surface area contributed by atoms with Crippen molar-refractivity contribution in [3.05, 3.63) is 65.6 Å². The van der Waals surface area contributed by atoms with Crippen LogP contribution < -0.4 is 10.5 Å². The molecule has 0 atom stereocenters. The summed E-state index contributed by atoms with van der Waals surface area (Å²) in [7, 11) is 0. The van der Waals surface area contributed by atoms with Crippen molar-refractivity contribution in [3.8, 4) is 11.3 Å². The highest BCUT2D eigenvalue weighted by Gasteiger charge is 2.28. The molecule has 4 rings (SSSR count). The predicted octanol–water partition coefficient (Wildman–Crippen LogP) is 1.23. The number of hydrogen-bond acceptors (Lipinski definition) is 6. The maximum Gasteiger partial charge on any atom is 0.266 e. The SMILES string of the molecule is O=c1ccc(-c2cccnc2)nn1CC1CN(c2ccncn2)C1. The lowest BCUT2D eigenvalue weighted by molar-refractivity contribution is 0.333. The van der Waals surface area contributed by atoms with Gasteiger partial charge in [0.25, 0.3) is 5.56 Å². The van der Waals surface area contributed by atoms with Gasteiger partial charge in [0.05, 0.1) is 12.2 Å². The van der Waals surface area contributed by atoms with Gasteiger partial charge in [0.1, 0.15) is 12.1 Å². The van der Waals surface area contributed by atoms with Crippen LogP contribution in [0.25, 0.3) is 11.3 Å². The molecule has 0 amide bonds. The van der Waals surface area contributed by atoms with Gasteiger partial charge in [-0.05, 0) is 24.3 Å². The molecule has 0 spiro atoms. The minimum Gasteiger partial charge on any atom is -0.356 e. The summed E-state index contributed by atoms with van der Waals surface area (Å²) in [6.07, 6.45) is 6.75.